The molecule has 0 aromatic heterocycles. The van der Waals surface area contributed by atoms with E-state index in [1.54, 1.807) is 0 Å². The molecule has 1 unspecified atom stereocenters. The lowest BCUT2D eigenvalue weighted by molar-refractivity contribution is -0.110. The Labute approximate surface area is 67.4 Å². The molecular formula is C9H15NO. The summed E-state index contributed by atoms with van der Waals surface area (Å²) in [6.45, 7) is 0.918. The minimum absolute atomic E-state index is 0.796. The minimum Gasteiger partial charge on any atom is -0.358 e. The number of nitrogens with one attached hydrogen (secondary N) is 1. The van der Waals surface area contributed by atoms with E-state index in [4.69, 9.17) is 0 Å². The Bertz CT molecular complexity index is 149. The molecule has 0 aromatic rings. The topological polar surface area (TPSA) is 29.1 Å². The summed E-state index contributed by atoms with van der Waals surface area (Å²) in [7, 11) is 0. The van der Waals surface area contributed by atoms with Crippen molar-refractivity contribution in [2.24, 2.45) is 17.8 Å². The van der Waals surface area contributed by atoms with Gasteiger partial charge in [-0.15, -0.1) is 0 Å². The highest BCUT2D eigenvalue weighted by atomic mass is 16.1. The number of rotatable bonds is 3. The molecule has 3 rings (SSSR count). The van der Waals surface area contributed by atoms with Crippen LogP contribution in [0.15, 0.2) is 0 Å². The van der Waals surface area contributed by atoms with Gasteiger partial charge in [-0.1, -0.05) is 6.42 Å². The van der Waals surface area contributed by atoms with E-state index in [2.05, 4.69) is 5.32 Å². The molecule has 0 heterocycles. The van der Waals surface area contributed by atoms with Gasteiger partial charge in [0.2, 0.25) is 6.41 Å². The van der Waals surface area contributed by atoms with Crippen LogP contribution in [0.5, 0.6) is 0 Å². The third kappa shape index (κ3) is 1.26. The van der Waals surface area contributed by atoms with Crippen LogP contribution >= 0.6 is 0 Å². The maximum atomic E-state index is 10.1. The van der Waals surface area contributed by atoms with E-state index in [9.17, 15) is 4.79 Å². The average molecular weight is 153 g/mol. The fraction of sp³-hybridized carbons (Fsp3) is 0.889. The van der Waals surface area contributed by atoms with Gasteiger partial charge in [-0.25, -0.2) is 0 Å². The smallest absolute Gasteiger partial charge is 0.207 e. The Morgan fingerprint density at radius 1 is 1.36 bits per heavy atom. The fourth-order valence-electron chi connectivity index (χ4n) is 2.56. The van der Waals surface area contributed by atoms with Crippen LogP contribution in [0.1, 0.15) is 25.7 Å². The second-order valence-corrected chi connectivity index (χ2v) is 3.96. The van der Waals surface area contributed by atoms with Crippen molar-refractivity contribution in [3.8, 4) is 0 Å². The highest BCUT2D eigenvalue weighted by Crippen LogP contribution is 2.48. The number of amides is 1. The van der Waals surface area contributed by atoms with Crippen LogP contribution in [0.4, 0.5) is 0 Å². The maximum Gasteiger partial charge on any atom is 0.207 e. The van der Waals surface area contributed by atoms with E-state index in [0.717, 1.165) is 30.7 Å². The molecule has 3 aliphatic rings. The zero-order valence-electron chi connectivity index (χ0n) is 6.75. The van der Waals surface area contributed by atoms with E-state index < -0.39 is 0 Å². The number of hydrogen-bond donors (Lipinski definition) is 1. The Kier molecular flexibility index (Phi) is 1.84. The van der Waals surface area contributed by atoms with Gasteiger partial charge in [0.1, 0.15) is 0 Å². The standard InChI is InChI=1S/C9H15NO/c11-6-10-5-8-2-1-7-3-9(8)4-7/h6-9H,1-5H2,(H,10,11). The first-order valence-corrected chi connectivity index (χ1v) is 4.57. The van der Waals surface area contributed by atoms with Crippen LogP contribution in [0.3, 0.4) is 0 Å². The number of carbonyl (C=O) groups is 1. The van der Waals surface area contributed by atoms with Gasteiger partial charge in [0.05, 0.1) is 0 Å². The summed E-state index contributed by atoms with van der Waals surface area (Å²) in [5.74, 6) is 2.79. The number of fused-ring (bicyclic) bond motifs is 2. The first kappa shape index (κ1) is 7.14. The highest BCUT2D eigenvalue weighted by molar-refractivity contribution is 5.45. The van der Waals surface area contributed by atoms with Crippen molar-refractivity contribution >= 4 is 6.41 Å². The Morgan fingerprint density at radius 3 is 2.73 bits per heavy atom. The van der Waals surface area contributed by atoms with Crippen molar-refractivity contribution in [3.05, 3.63) is 0 Å². The van der Waals surface area contributed by atoms with Gasteiger partial charge in [0.15, 0.2) is 0 Å². The van der Waals surface area contributed by atoms with Gasteiger partial charge in [-0.3, -0.25) is 4.79 Å². The van der Waals surface area contributed by atoms with E-state index in [1.807, 2.05) is 0 Å². The average Bonchev–Trinajstić information content (AvgIpc) is 2.00. The van der Waals surface area contributed by atoms with Gasteiger partial charge < -0.3 is 5.32 Å². The molecule has 2 heteroatoms. The quantitative estimate of drug-likeness (QED) is 0.606. The number of carbonyl (C=O) groups excluding carboxylic acids is 1. The normalized spacial score (nSPS) is 40.9. The molecule has 0 saturated heterocycles. The third-order valence-electron chi connectivity index (χ3n) is 3.35. The highest BCUT2D eigenvalue weighted by Gasteiger charge is 2.39. The summed E-state index contributed by atoms with van der Waals surface area (Å²) in [6.07, 6.45) is 6.44. The Hall–Kier alpha value is -0.530. The van der Waals surface area contributed by atoms with E-state index in [-0.39, 0.29) is 0 Å². The van der Waals surface area contributed by atoms with Crippen LogP contribution in [-0.2, 0) is 4.79 Å². The molecule has 3 saturated carbocycles. The van der Waals surface area contributed by atoms with Gasteiger partial charge in [0, 0.05) is 6.54 Å². The van der Waals surface area contributed by atoms with Gasteiger partial charge in [-0.05, 0) is 37.0 Å². The minimum atomic E-state index is 0.796. The predicted octanol–water partition coefficient (Wildman–Crippen LogP) is 1.17. The Balaban J connectivity index is 1.78. The summed E-state index contributed by atoms with van der Waals surface area (Å²) >= 11 is 0. The lowest BCUT2D eigenvalue weighted by atomic mass is 9.60. The van der Waals surface area contributed by atoms with Crippen LogP contribution in [-0.4, -0.2) is 13.0 Å². The van der Waals surface area contributed by atoms with E-state index in [0.29, 0.717) is 0 Å². The Morgan fingerprint density at radius 2 is 2.18 bits per heavy atom. The molecule has 0 aromatic carbocycles. The molecule has 0 spiro atoms. The van der Waals surface area contributed by atoms with Crippen LogP contribution in [0.2, 0.25) is 0 Å². The lowest BCUT2D eigenvalue weighted by Gasteiger charge is -2.46. The van der Waals surface area contributed by atoms with E-state index >= 15 is 0 Å². The zero-order valence-corrected chi connectivity index (χ0v) is 6.75. The molecule has 1 N–H and O–H groups in total. The van der Waals surface area contributed by atoms with Crippen molar-refractivity contribution in [1.29, 1.82) is 0 Å². The lowest BCUT2D eigenvalue weighted by Crippen LogP contribution is -2.40. The first-order chi connectivity index (χ1) is 5.40. The molecular weight excluding hydrogens is 138 g/mol. The molecule has 62 valence electrons. The molecule has 11 heavy (non-hydrogen) atoms. The molecule has 2 nitrogen and oxygen atoms in total. The van der Waals surface area contributed by atoms with E-state index in [1.165, 1.54) is 25.7 Å². The van der Waals surface area contributed by atoms with Gasteiger partial charge in [0.25, 0.3) is 0 Å². The van der Waals surface area contributed by atoms with Crippen molar-refractivity contribution in [2.45, 2.75) is 25.7 Å². The monoisotopic (exact) mass is 153 g/mol. The molecule has 1 amide bonds. The van der Waals surface area contributed by atoms with Gasteiger partial charge >= 0.3 is 0 Å². The summed E-state index contributed by atoms with van der Waals surface area (Å²) in [5.41, 5.74) is 0. The van der Waals surface area contributed by atoms with Crippen LogP contribution in [0.25, 0.3) is 0 Å². The van der Waals surface area contributed by atoms with Crippen molar-refractivity contribution in [2.75, 3.05) is 6.54 Å². The molecule has 3 aliphatic carbocycles. The predicted molar refractivity (Wildman–Crippen MR) is 43.0 cm³/mol. The fourth-order valence-corrected chi connectivity index (χ4v) is 2.56. The van der Waals surface area contributed by atoms with Crippen molar-refractivity contribution < 1.29 is 4.79 Å². The largest absolute Gasteiger partial charge is 0.358 e. The van der Waals surface area contributed by atoms with Crippen LogP contribution in [0, 0.1) is 17.8 Å². The first-order valence-electron chi connectivity index (χ1n) is 4.57. The molecule has 3 fully saturated rings. The summed E-state index contributed by atoms with van der Waals surface area (Å²) in [6, 6.07) is 0. The SMILES string of the molecule is O=CNCC1CCC2CC1C2. The zero-order chi connectivity index (χ0) is 7.68. The summed E-state index contributed by atoms with van der Waals surface area (Å²) in [4.78, 5) is 10.1. The molecule has 0 radical (unpaired) electrons. The molecule has 2 bridgehead atoms. The molecule has 1 atom stereocenters. The second kappa shape index (κ2) is 2.84. The van der Waals surface area contributed by atoms with Gasteiger partial charge in [-0.2, -0.15) is 0 Å². The maximum absolute atomic E-state index is 10.1. The molecule has 0 aliphatic heterocycles. The van der Waals surface area contributed by atoms with Crippen molar-refractivity contribution in [3.63, 3.8) is 0 Å². The summed E-state index contributed by atoms with van der Waals surface area (Å²) < 4.78 is 0. The van der Waals surface area contributed by atoms with Crippen molar-refractivity contribution in [1.82, 2.24) is 5.32 Å². The summed E-state index contributed by atoms with van der Waals surface area (Å²) in [5, 5.41) is 2.79. The van der Waals surface area contributed by atoms with Crippen LogP contribution < -0.4 is 5.32 Å². The second-order valence-electron chi connectivity index (χ2n) is 3.96. The third-order valence-corrected chi connectivity index (χ3v) is 3.35. The number of hydrogen-bond acceptors (Lipinski definition) is 1.